The van der Waals surface area contributed by atoms with Crippen LogP contribution in [0.1, 0.15) is 47.0 Å². The second-order valence-corrected chi connectivity index (χ2v) is 14.5. The van der Waals surface area contributed by atoms with Crippen LogP contribution in [0.15, 0.2) is 49.6 Å². The Balaban J connectivity index is 1.59. The Labute approximate surface area is 264 Å². The quantitative estimate of drug-likeness (QED) is 0.321. The van der Waals surface area contributed by atoms with Gasteiger partial charge in [-0.1, -0.05) is 57.2 Å². The second kappa shape index (κ2) is 13.0. The van der Waals surface area contributed by atoms with Crippen molar-refractivity contribution in [3.63, 3.8) is 0 Å². The molecule has 1 aromatic carbocycles. The number of amides is 3. The molecule has 0 aliphatic carbocycles. The van der Waals surface area contributed by atoms with Crippen molar-refractivity contribution in [3.8, 4) is 0 Å². The first-order valence-electron chi connectivity index (χ1n) is 15.8. The Morgan fingerprint density at radius 2 is 1.89 bits per heavy atom. The van der Waals surface area contributed by atoms with Gasteiger partial charge in [0.2, 0.25) is 17.7 Å². The number of thioether (sulfide) groups is 1. The van der Waals surface area contributed by atoms with Gasteiger partial charge in [-0.15, -0.1) is 30.0 Å². The number of likely N-dealkylation sites (tertiary alicyclic amines) is 1. The van der Waals surface area contributed by atoms with Crippen LogP contribution in [0.4, 0.5) is 0 Å². The monoisotopic (exact) mass is 622 g/mol. The molecule has 2 bridgehead atoms. The number of fused-ring (bicyclic) bond motifs is 2. The largest absolute Gasteiger partial charge is 0.394 e. The third kappa shape index (κ3) is 5.25. The number of aliphatic hydroxyl groups is 1. The molecule has 3 amide bonds. The minimum Gasteiger partial charge on any atom is -0.394 e. The highest BCUT2D eigenvalue weighted by Gasteiger charge is 2.77. The topological polar surface area (TPSA) is 112 Å². The number of nitrogens with zero attached hydrogens (tertiary/aromatic N) is 6. The molecule has 1 aromatic heterocycles. The Hall–Kier alpha value is -3.18. The van der Waals surface area contributed by atoms with Crippen LogP contribution in [0.2, 0.25) is 0 Å². The average Bonchev–Trinajstić information content (AvgIpc) is 3.72. The lowest BCUT2D eigenvalue weighted by Crippen LogP contribution is -2.59. The summed E-state index contributed by atoms with van der Waals surface area (Å²) in [6.07, 6.45) is 5.50. The van der Waals surface area contributed by atoms with E-state index < -0.39 is 28.7 Å². The molecule has 4 heterocycles. The highest BCUT2D eigenvalue weighted by molar-refractivity contribution is 8.02. The van der Waals surface area contributed by atoms with Gasteiger partial charge in [-0.25, -0.2) is 4.68 Å². The van der Waals surface area contributed by atoms with Gasteiger partial charge in [-0.2, -0.15) is 0 Å². The van der Waals surface area contributed by atoms with E-state index in [0.29, 0.717) is 19.5 Å². The summed E-state index contributed by atoms with van der Waals surface area (Å²) in [4.78, 5) is 49.1. The Kier molecular flexibility index (Phi) is 9.55. The van der Waals surface area contributed by atoms with Gasteiger partial charge >= 0.3 is 0 Å². The van der Waals surface area contributed by atoms with Crippen molar-refractivity contribution >= 4 is 40.5 Å². The summed E-state index contributed by atoms with van der Waals surface area (Å²) in [5, 5.41) is 19.2. The number of para-hydroxylation sites is 1. The van der Waals surface area contributed by atoms with E-state index in [1.54, 1.807) is 38.4 Å². The molecule has 44 heavy (non-hydrogen) atoms. The van der Waals surface area contributed by atoms with Crippen LogP contribution in [0.5, 0.6) is 0 Å². The number of aromatic nitrogens is 3. The van der Waals surface area contributed by atoms with Crippen LogP contribution in [-0.2, 0) is 21.1 Å². The maximum Gasteiger partial charge on any atom is 0.248 e. The van der Waals surface area contributed by atoms with E-state index in [9.17, 15) is 19.5 Å². The molecule has 5 rings (SSSR count). The first-order valence-corrected chi connectivity index (χ1v) is 16.7. The van der Waals surface area contributed by atoms with Gasteiger partial charge in [0.25, 0.3) is 0 Å². The van der Waals surface area contributed by atoms with E-state index in [1.165, 1.54) is 0 Å². The molecule has 3 saturated heterocycles. The number of rotatable bonds is 14. The smallest absolute Gasteiger partial charge is 0.248 e. The zero-order valence-corrected chi connectivity index (χ0v) is 27.2. The van der Waals surface area contributed by atoms with Crippen molar-refractivity contribution in [2.45, 2.75) is 75.7 Å². The average molecular weight is 623 g/mol. The normalized spacial score (nSPS) is 28.0. The van der Waals surface area contributed by atoms with Gasteiger partial charge < -0.3 is 19.8 Å². The number of hydrogen-bond donors (Lipinski definition) is 1. The maximum absolute atomic E-state index is 15.0. The molecule has 0 radical (unpaired) electrons. The molecule has 11 heteroatoms. The molecule has 3 unspecified atom stereocenters. The molecule has 3 fully saturated rings. The van der Waals surface area contributed by atoms with Crippen molar-refractivity contribution in [2.75, 3.05) is 26.2 Å². The third-order valence-electron chi connectivity index (χ3n) is 9.59. The van der Waals surface area contributed by atoms with E-state index in [4.69, 9.17) is 0 Å². The van der Waals surface area contributed by atoms with Crippen molar-refractivity contribution in [1.29, 1.82) is 0 Å². The van der Waals surface area contributed by atoms with Crippen LogP contribution in [0.25, 0.3) is 11.0 Å². The Morgan fingerprint density at radius 1 is 1.18 bits per heavy atom. The van der Waals surface area contributed by atoms with Crippen molar-refractivity contribution in [3.05, 3.63) is 49.6 Å². The summed E-state index contributed by atoms with van der Waals surface area (Å²) in [5.74, 6) is -1.41. The zero-order chi connectivity index (χ0) is 31.8. The molecule has 0 saturated carbocycles. The SMILES string of the molecule is C=CCN(Cn1nnc2ccccc21)C(=O)C1N([C@@H](CO)CC(C)C)C(=O)[C@@H]2[C@H](C(=O)N(CC=C)CCC)[C@@H]3CC(C)C12S3. The van der Waals surface area contributed by atoms with E-state index in [-0.39, 0.29) is 54.6 Å². The highest BCUT2D eigenvalue weighted by Crippen LogP contribution is 2.69. The highest BCUT2D eigenvalue weighted by atomic mass is 32.2. The fourth-order valence-electron chi connectivity index (χ4n) is 7.89. The third-order valence-corrected chi connectivity index (χ3v) is 11.7. The Bertz CT molecular complexity index is 1410. The lowest BCUT2D eigenvalue weighted by molar-refractivity contribution is -0.148. The van der Waals surface area contributed by atoms with Crippen molar-refractivity contribution < 1.29 is 19.5 Å². The molecule has 2 aromatic rings. The van der Waals surface area contributed by atoms with Crippen LogP contribution < -0.4 is 0 Å². The lowest BCUT2D eigenvalue weighted by atomic mass is 9.65. The van der Waals surface area contributed by atoms with Gasteiger partial charge in [-0.3, -0.25) is 14.4 Å². The predicted molar refractivity (Wildman–Crippen MR) is 172 cm³/mol. The summed E-state index contributed by atoms with van der Waals surface area (Å²) in [7, 11) is 0. The predicted octanol–water partition coefficient (Wildman–Crippen LogP) is 3.57. The van der Waals surface area contributed by atoms with Crippen molar-refractivity contribution in [2.24, 2.45) is 23.7 Å². The number of benzene rings is 1. The Morgan fingerprint density at radius 3 is 2.55 bits per heavy atom. The zero-order valence-electron chi connectivity index (χ0n) is 26.3. The second-order valence-electron chi connectivity index (χ2n) is 12.9. The van der Waals surface area contributed by atoms with Crippen LogP contribution in [0, 0.1) is 23.7 Å². The first kappa shape index (κ1) is 32.2. The van der Waals surface area contributed by atoms with E-state index in [0.717, 1.165) is 23.9 Å². The minimum atomic E-state index is -0.840. The van der Waals surface area contributed by atoms with Gasteiger partial charge in [-0.05, 0) is 43.2 Å². The molecule has 1 N–H and O–H groups in total. The van der Waals surface area contributed by atoms with Crippen molar-refractivity contribution in [1.82, 2.24) is 29.7 Å². The molecule has 3 aliphatic rings. The fraction of sp³-hybridized carbons (Fsp3) is 0.606. The van der Waals surface area contributed by atoms with Gasteiger partial charge in [0.15, 0.2) is 0 Å². The van der Waals surface area contributed by atoms with Gasteiger partial charge in [0, 0.05) is 24.9 Å². The summed E-state index contributed by atoms with van der Waals surface area (Å²) in [6.45, 7) is 17.1. The van der Waals surface area contributed by atoms with E-state index >= 15 is 0 Å². The summed E-state index contributed by atoms with van der Waals surface area (Å²) < 4.78 is 0.900. The number of hydrogen-bond acceptors (Lipinski definition) is 7. The molecule has 7 atom stereocenters. The fourth-order valence-corrected chi connectivity index (χ4v) is 10.3. The molecule has 10 nitrogen and oxygen atoms in total. The van der Waals surface area contributed by atoms with E-state index in [2.05, 4.69) is 30.4 Å². The van der Waals surface area contributed by atoms with Gasteiger partial charge in [0.1, 0.15) is 18.2 Å². The molecular formula is C33H46N6O4S. The van der Waals surface area contributed by atoms with Crippen LogP contribution in [-0.4, -0.2) is 101 Å². The minimum absolute atomic E-state index is 0.0182. The summed E-state index contributed by atoms with van der Waals surface area (Å²) in [5.41, 5.74) is 1.52. The number of aliphatic hydroxyl groups excluding tert-OH is 1. The molecule has 1 spiro atoms. The van der Waals surface area contributed by atoms with E-state index in [1.807, 2.05) is 49.9 Å². The number of carbonyl (C=O) groups excluding carboxylic acids is 3. The van der Waals surface area contributed by atoms with Crippen LogP contribution >= 0.6 is 11.8 Å². The lowest BCUT2D eigenvalue weighted by Gasteiger charge is -2.42. The molecule has 3 aliphatic heterocycles. The summed E-state index contributed by atoms with van der Waals surface area (Å²) >= 11 is 1.66. The number of carbonyl (C=O) groups is 3. The van der Waals surface area contributed by atoms with Crippen LogP contribution in [0.3, 0.4) is 0 Å². The standard InChI is InChI=1S/C33H46N6O4S/c1-7-14-36(15-8-2)30(41)27-26-18-22(6)33(44-26)28(27)31(42)39(23(19-40)17-21(4)5)29(33)32(43)37(16-9-3)20-38-25-13-11-10-12-24(25)34-35-38/h7,9-13,21-23,26-29,40H,1,3,8,14-20H2,2,4-6H3/t22?,23-,26+,27-,28+,29?,33?/m1/s1. The van der Waals surface area contributed by atoms with Gasteiger partial charge in [0.05, 0.1) is 34.7 Å². The summed E-state index contributed by atoms with van der Waals surface area (Å²) in [6, 6.07) is 6.19. The molecule has 238 valence electrons. The first-order chi connectivity index (χ1) is 21.1. The molecular weight excluding hydrogens is 576 g/mol. The maximum atomic E-state index is 15.0.